The quantitative estimate of drug-likeness (QED) is 0.769. The number of nitriles is 2. The number of nitrogens with zero attached hydrogens (tertiary/aromatic N) is 4. The Morgan fingerprint density at radius 1 is 1.53 bits per heavy atom. The molecule has 0 amide bonds. The molecule has 0 aliphatic heterocycles. The number of aromatic nitrogens is 2. The third-order valence-electron chi connectivity index (χ3n) is 2.20. The lowest BCUT2D eigenvalue weighted by Gasteiger charge is -2.11. The number of hydrogen-bond acceptors (Lipinski definition) is 4. The van der Waals surface area contributed by atoms with Gasteiger partial charge in [0.25, 0.3) is 0 Å². The molecule has 1 N–H and O–H groups in total. The van der Waals surface area contributed by atoms with Gasteiger partial charge >= 0.3 is 0 Å². The summed E-state index contributed by atoms with van der Waals surface area (Å²) in [6, 6.07) is 4.26. The maximum absolute atomic E-state index is 8.94. The van der Waals surface area contributed by atoms with E-state index >= 15 is 0 Å². The van der Waals surface area contributed by atoms with E-state index in [1.165, 1.54) is 6.33 Å². The van der Waals surface area contributed by atoms with Crippen LogP contribution in [0.5, 0.6) is 0 Å². The molecule has 0 radical (unpaired) electrons. The molecule has 5 heteroatoms. The number of hydrogen-bond donors (Lipinski definition) is 1. The smallest absolute Gasteiger partial charge is 0.176 e. The highest BCUT2D eigenvalue weighted by molar-refractivity contribution is 5.36. The highest BCUT2D eigenvalue weighted by Gasteiger charge is 2.10. The average molecular weight is 229 g/mol. The summed E-state index contributed by atoms with van der Waals surface area (Å²) in [6.45, 7) is 9.22. The third-order valence-corrected chi connectivity index (χ3v) is 2.20. The van der Waals surface area contributed by atoms with E-state index < -0.39 is 0 Å². The molecule has 0 spiro atoms. The van der Waals surface area contributed by atoms with Crippen LogP contribution in [0.1, 0.15) is 25.2 Å². The van der Waals surface area contributed by atoms with Crippen LogP contribution in [0, 0.1) is 22.7 Å². The molecule has 0 aliphatic rings. The van der Waals surface area contributed by atoms with Crippen molar-refractivity contribution >= 4 is 0 Å². The normalized spacial score (nSPS) is 9.94. The molecule has 88 valence electrons. The molecule has 0 atom stereocenters. The lowest BCUT2D eigenvalue weighted by atomic mass is 10.2. The SMILES string of the molecule is C=C(CNC(C)C)Cn1cnc(C#N)c1C#N. The Balaban J connectivity index is 2.70. The zero-order valence-corrected chi connectivity index (χ0v) is 10.1. The van der Waals surface area contributed by atoms with Crippen LogP contribution in [0.4, 0.5) is 0 Å². The van der Waals surface area contributed by atoms with Gasteiger partial charge in [-0.05, 0) is 5.57 Å². The van der Waals surface area contributed by atoms with Crippen molar-refractivity contribution < 1.29 is 0 Å². The summed E-state index contributed by atoms with van der Waals surface area (Å²) >= 11 is 0. The molecule has 0 saturated heterocycles. The minimum atomic E-state index is 0.164. The summed E-state index contributed by atoms with van der Waals surface area (Å²) < 4.78 is 1.64. The Morgan fingerprint density at radius 2 is 2.24 bits per heavy atom. The van der Waals surface area contributed by atoms with Gasteiger partial charge in [0.15, 0.2) is 11.4 Å². The van der Waals surface area contributed by atoms with Gasteiger partial charge in [-0.2, -0.15) is 10.5 Å². The van der Waals surface area contributed by atoms with Gasteiger partial charge in [0.1, 0.15) is 12.1 Å². The van der Waals surface area contributed by atoms with Gasteiger partial charge in [0.05, 0.1) is 6.33 Å². The second-order valence-corrected chi connectivity index (χ2v) is 4.08. The highest BCUT2D eigenvalue weighted by atomic mass is 15.1. The predicted molar refractivity (Wildman–Crippen MR) is 63.9 cm³/mol. The lowest BCUT2D eigenvalue weighted by Crippen LogP contribution is -2.26. The van der Waals surface area contributed by atoms with Crippen molar-refractivity contribution in [3.63, 3.8) is 0 Å². The fraction of sp³-hybridized carbons (Fsp3) is 0.417. The topological polar surface area (TPSA) is 77.4 Å². The summed E-state index contributed by atoms with van der Waals surface area (Å²) in [5, 5.41) is 20.9. The molecular formula is C12H15N5. The monoisotopic (exact) mass is 229 g/mol. The molecule has 0 aromatic carbocycles. The first-order chi connectivity index (χ1) is 8.08. The van der Waals surface area contributed by atoms with E-state index in [0.29, 0.717) is 19.1 Å². The van der Waals surface area contributed by atoms with E-state index in [9.17, 15) is 0 Å². The molecule has 0 bridgehead atoms. The predicted octanol–water partition coefficient (Wildman–Crippen LogP) is 1.18. The molecule has 1 aromatic heterocycles. The van der Waals surface area contributed by atoms with Crippen molar-refractivity contribution in [2.75, 3.05) is 6.54 Å². The van der Waals surface area contributed by atoms with E-state index in [1.807, 2.05) is 12.1 Å². The number of rotatable bonds is 5. The van der Waals surface area contributed by atoms with Crippen LogP contribution in [0.15, 0.2) is 18.5 Å². The molecule has 0 aliphatic carbocycles. The van der Waals surface area contributed by atoms with E-state index in [0.717, 1.165) is 5.57 Å². The maximum Gasteiger partial charge on any atom is 0.176 e. The number of imidazole rings is 1. The van der Waals surface area contributed by atoms with Crippen molar-refractivity contribution in [3.05, 3.63) is 29.9 Å². The molecule has 0 unspecified atom stereocenters. The minimum absolute atomic E-state index is 0.164. The van der Waals surface area contributed by atoms with E-state index in [2.05, 4.69) is 30.7 Å². The van der Waals surface area contributed by atoms with Gasteiger partial charge in [0, 0.05) is 19.1 Å². The van der Waals surface area contributed by atoms with Gasteiger partial charge in [0.2, 0.25) is 0 Å². The van der Waals surface area contributed by atoms with E-state index in [4.69, 9.17) is 10.5 Å². The van der Waals surface area contributed by atoms with Crippen LogP contribution in [0.3, 0.4) is 0 Å². The second kappa shape index (κ2) is 5.83. The zero-order chi connectivity index (χ0) is 12.8. The molecule has 1 rings (SSSR count). The Bertz CT molecular complexity index is 484. The summed E-state index contributed by atoms with van der Waals surface area (Å²) in [6.07, 6.45) is 1.50. The largest absolute Gasteiger partial charge is 0.317 e. The van der Waals surface area contributed by atoms with Crippen LogP contribution in [0.2, 0.25) is 0 Å². The first-order valence-corrected chi connectivity index (χ1v) is 5.33. The minimum Gasteiger partial charge on any atom is -0.317 e. The lowest BCUT2D eigenvalue weighted by molar-refractivity contribution is 0.602. The van der Waals surface area contributed by atoms with E-state index in [1.54, 1.807) is 4.57 Å². The van der Waals surface area contributed by atoms with Crippen LogP contribution in [0.25, 0.3) is 0 Å². The summed E-state index contributed by atoms with van der Waals surface area (Å²) in [4.78, 5) is 3.87. The third kappa shape index (κ3) is 3.44. The standard InChI is InChI=1S/C12H15N5/c1-9(2)15-6-10(3)7-17-8-16-11(4-13)12(17)5-14/h8-9,15H,3,6-7H2,1-2H3. The van der Waals surface area contributed by atoms with Gasteiger partial charge in [-0.15, -0.1) is 0 Å². The second-order valence-electron chi connectivity index (χ2n) is 4.08. The van der Waals surface area contributed by atoms with Crippen molar-refractivity contribution in [2.45, 2.75) is 26.4 Å². The van der Waals surface area contributed by atoms with Crippen molar-refractivity contribution in [2.24, 2.45) is 0 Å². The van der Waals surface area contributed by atoms with Crippen LogP contribution in [-0.2, 0) is 6.54 Å². The molecule has 17 heavy (non-hydrogen) atoms. The fourth-order valence-corrected chi connectivity index (χ4v) is 1.35. The van der Waals surface area contributed by atoms with Gasteiger partial charge in [-0.1, -0.05) is 20.4 Å². The van der Waals surface area contributed by atoms with Crippen LogP contribution >= 0.6 is 0 Å². The molecule has 1 heterocycles. The van der Waals surface area contributed by atoms with Gasteiger partial charge < -0.3 is 9.88 Å². The van der Waals surface area contributed by atoms with Gasteiger partial charge in [-0.25, -0.2) is 4.98 Å². The molecule has 5 nitrogen and oxygen atoms in total. The average Bonchev–Trinajstić information content (AvgIpc) is 2.68. The molecular weight excluding hydrogens is 214 g/mol. The first kappa shape index (κ1) is 13.0. The van der Waals surface area contributed by atoms with Crippen molar-refractivity contribution in [3.8, 4) is 12.1 Å². The van der Waals surface area contributed by atoms with Crippen molar-refractivity contribution in [1.29, 1.82) is 10.5 Å². The number of nitrogens with one attached hydrogen (secondary N) is 1. The Labute approximate surface area is 101 Å². The zero-order valence-electron chi connectivity index (χ0n) is 10.1. The summed E-state index contributed by atoms with van der Waals surface area (Å²) in [7, 11) is 0. The maximum atomic E-state index is 8.94. The molecule has 1 aromatic rings. The van der Waals surface area contributed by atoms with Crippen LogP contribution < -0.4 is 5.32 Å². The summed E-state index contributed by atoms with van der Waals surface area (Å²) in [5.41, 5.74) is 1.40. The van der Waals surface area contributed by atoms with Gasteiger partial charge in [-0.3, -0.25) is 0 Å². The Morgan fingerprint density at radius 3 is 2.76 bits per heavy atom. The fourth-order valence-electron chi connectivity index (χ4n) is 1.35. The molecule has 0 saturated carbocycles. The van der Waals surface area contributed by atoms with E-state index in [-0.39, 0.29) is 11.4 Å². The van der Waals surface area contributed by atoms with Crippen molar-refractivity contribution in [1.82, 2.24) is 14.9 Å². The Kier molecular flexibility index (Phi) is 4.45. The van der Waals surface area contributed by atoms with Crippen LogP contribution in [-0.4, -0.2) is 22.1 Å². The summed E-state index contributed by atoms with van der Waals surface area (Å²) in [5.74, 6) is 0. The first-order valence-electron chi connectivity index (χ1n) is 5.33. The highest BCUT2D eigenvalue weighted by Crippen LogP contribution is 2.07. The Hall–Kier alpha value is -2.11. The molecule has 0 fully saturated rings.